The van der Waals surface area contributed by atoms with E-state index in [4.69, 9.17) is 9.47 Å². The second-order valence-electron chi connectivity index (χ2n) is 7.30. The van der Waals surface area contributed by atoms with Crippen molar-refractivity contribution in [1.82, 2.24) is 0 Å². The molecule has 0 amide bonds. The first kappa shape index (κ1) is 15.4. The number of benzene rings is 1. The molecule has 0 N–H and O–H groups in total. The molecule has 1 fully saturated rings. The molecule has 0 aromatic heterocycles. The molecule has 3 aliphatic rings. The molecule has 1 aromatic rings. The third kappa shape index (κ3) is 2.36. The summed E-state index contributed by atoms with van der Waals surface area (Å²) in [6, 6.07) is 3.49. The quantitative estimate of drug-likeness (QED) is 0.432. The maximum atomic E-state index is 12.6. The molecule has 1 aromatic carbocycles. The number of rotatable bonds is 1. The van der Waals surface area contributed by atoms with Crippen LogP contribution in [-0.2, 0) is 4.79 Å². The summed E-state index contributed by atoms with van der Waals surface area (Å²) in [5.41, 5.74) is 2.40. The number of fused-ring (bicyclic) bond motifs is 3. The van der Waals surface area contributed by atoms with Crippen molar-refractivity contribution < 1.29 is 19.1 Å². The van der Waals surface area contributed by atoms with E-state index in [1.807, 2.05) is 13.8 Å². The smallest absolute Gasteiger partial charge is 0.311 e. The number of ketones is 1. The van der Waals surface area contributed by atoms with Gasteiger partial charge in [-0.25, -0.2) is 0 Å². The zero-order chi connectivity index (χ0) is 16.8. The van der Waals surface area contributed by atoms with Gasteiger partial charge in [0.2, 0.25) is 5.78 Å². The molecule has 0 unspecified atom stereocenters. The van der Waals surface area contributed by atoms with Crippen LogP contribution in [-0.4, -0.2) is 11.8 Å². The summed E-state index contributed by atoms with van der Waals surface area (Å²) in [6.07, 6.45) is 6.33. The van der Waals surface area contributed by atoms with Crippen molar-refractivity contribution in [3.8, 4) is 11.5 Å². The van der Waals surface area contributed by atoms with Gasteiger partial charge < -0.3 is 9.47 Å². The number of esters is 1. The minimum absolute atomic E-state index is 0.0629. The third-order valence-corrected chi connectivity index (χ3v) is 5.47. The van der Waals surface area contributed by atoms with Crippen LogP contribution in [0.1, 0.15) is 74.2 Å². The molecule has 1 aliphatic carbocycles. The Hall–Kier alpha value is -2.10. The number of Topliss-reactive ketones (excluding diaryl/α,β-unsaturated/α-hetero) is 1. The second kappa shape index (κ2) is 5.76. The minimum atomic E-state index is -0.176. The normalized spacial score (nSPS) is 23.4. The summed E-state index contributed by atoms with van der Waals surface area (Å²) < 4.78 is 11.4. The number of hydrogen-bond acceptors (Lipinski definition) is 4. The van der Waals surface area contributed by atoms with Crippen molar-refractivity contribution in [3.05, 3.63) is 34.6 Å². The Kier molecular flexibility index (Phi) is 3.70. The highest BCUT2D eigenvalue weighted by Crippen LogP contribution is 2.51. The first-order valence-corrected chi connectivity index (χ1v) is 8.84. The lowest BCUT2D eigenvalue weighted by Gasteiger charge is -2.34. The van der Waals surface area contributed by atoms with Crippen molar-refractivity contribution >= 4 is 11.8 Å². The van der Waals surface area contributed by atoms with Gasteiger partial charge in [0.05, 0.1) is 12.0 Å². The number of allylic oxidation sites excluding steroid dienone is 2. The predicted octanol–water partition coefficient (Wildman–Crippen LogP) is 4.53. The first-order valence-electron chi connectivity index (χ1n) is 8.84. The van der Waals surface area contributed by atoms with Gasteiger partial charge in [0.1, 0.15) is 11.5 Å². The molecule has 4 heteroatoms. The van der Waals surface area contributed by atoms with E-state index in [-0.39, 0.29) is 17.7 Å². The average molecular weight is 326 g/mol. The molecule has 24 heavy (non-hydrogen) atoms. The van der Waals surface area contributed by atoms with Gasteiger partial charge in [-0.2, -0.15) is 0 Å². The van der Waals surface area contributed by atoms with Gasteiger partial charge in [0.15, 0.2) is 5.76 Å². The van der Waals surface area contributed by atoms with Gasteiger partial charge in [-0.15, -0.1) is 0 Å². The van der Waals surface area contributed by atoms with Crippen molar-refractivity contribution in [3.63, 3.8) is 0 Å². The fourth-order valence-electron chi connectivity index (χ4n) is 4.30. The number of carbonyl (C=O) groups excluding carboxylic acids is 2. The Morgan fingerprint density at radius 3 is 2.50 bits per heavy atom. The zero-order valence-corrected chi connectivity index (χ0v) is 14.2. The summed E-state index contributed by atoms with van der Waals surface area (Å²) in [5.74, 6) is 1.93. The lowest BCUT2D eigenvalue weighted by molar-refractivity contribution is -0.136. The fraction of sp³-hybridized carbons (Fsp3) is 0.500. The predicted molar refractivity (Wildman–Crippen MR) is 89.3 cm³/mol. The standard InChI is InChI=1S/C20H22O4/c1-11(2)19-18(22)13-8-9-15-17(20(13)24-19)14(10-16(21)23-15)12-6-4-3-5-7-12/h8-9,12,14H,3-7,10H2,1-2H3/t14-/m1/s1. The van der Waals surface area contributed by atoms with E-state index in [0.29, 0.717) is 35.2 Å². The SMILES string of the molecule is CC(C)=C1Oc2c(ccc3c2[C@@H](C2CCCCC2)CC(=O)O3)C1=O. The molecule has 0 bridgehead atoms. The molecule has 1 saturated carbocycles. The molecule has 126 valence electrons. The zero-order valence-electron chi connectivity index (χ0n) is 14.2. The highest BCUT2D eigenvalue weighted by Gasteiger charge is 2.41. The molecule has 2 aliphatic heterocycles. The van der Waals surface area contributed by atoms with Gasteiger partial charge in [0.25, 0.3) is 0 Å². The Bertz CT molecular complexity index is 749. The van der Waals surface area contributed by atoms with Crippen molar-refractivity contribution in [1.29, 1.82) is 0 Å². The van der Waals surface area contributed by atoms with Crippen LogP contribution in [0.4, 0.5) is 0 Å². The van der Waals surface area contributed by atoms with Gasteiger partial charge in [0, 0.05) is 11.5 Å². The summed E-state index contributed by atoms with van der Waals surface area (Å²) in [5, 5.41) is 0. The average Bonchev–Trinajstić information content (AvgIpc) is 2.92. The highest BCUT2D eigenvalue weighted by molar-refractivity contribution is 6.13. The molecule has 4 rings (SSSR count). The van der Waals surface area contributed by atoms with E-state index in [9.17, 15) is 9.59 Å². The van der Waals surface area contributed by atoms with Gasteiger partial charge in [-0.05, 0) is 50.3 Å². The van der Waals surface area contributed by atoms with Crippen molar-refractivity contribution in [2.45, 2.75) is 58.3 Å². The summed E-state index contributed by atoms with van der Waals surface area (Å²) >= 11 is 0. The summed E-state index contributed by atoms with van der Waals surface area (Å²) in [4.78, 5) is 24.7. The molecular formula is C20H22O4. The Balaban J connectivity index is 1.83. The van der Waals surface area contributed by atoms with Gasteiger partial charge in [-0.3, -0.25) is 9.59 Å². The number of carbonyl (C=O) groups is 2. The van der Waals surface area contributed by atoms with Crippen LogP contribution in [0.5, 0.6) is 11.5 Å². The summed E-state index contributed by atoms with van der Waals surface area (Å²) in [7, 11) is 0. The van der Waals surface area contributed by atoms with Gasteiger partial charge in [-0.1, -0.05) is 19.3 Å². The van der Waals surface area contributed by atoms with Crippen LogP contribution >= 0.6 is 0 Å². The number of hydrogen-bond donors (Lipinski definition) is 0. The Labute approximate surface area is 141 Å². The Morgan fingerprint density at radius 1 is 1.04 bits per heavy atom. The van der Waals surface area contributed by atoms with Crippen LogP contribution in [0.3, 0.4) is 0 Å². The van der Waals surface area contributed by atoms with E-state index in [1.54, 1.807) is 12.1 Å². The second-order valence-corrected chi connectivity index (χ2v) is 7.30. The van der Waals surface area contributed by atoms with Crippen LogP contribution in [0.25, 0.3) is 0 Å². The molecule has 1 atom stereocenters. The Morgan fingerprint density at radius 2 is 1.79 bits per heavy atom. The first-order chi connectivity index (χ1) is 11.6. The monoisotopic (exact) mass is 326 g/mol. The topological polar surface area (TPSA) is 52.6 Å². The van der Waals surface area contributed by atoms with Gasteiger partial charge >= 0.3 is 5.97 Å². The molecular weight excluding hydrogens is 304 g/mol. The highest BCUT2D eigenvalue weighted by atomic mass is 16.5. The molecule has 4 nitrogen and oxygen atoms in total. The van der Waals surface area contributed by atoms with Crippen molar-refractivity contribution in [2.75, 3.05) is 0 Å². The van der Waals surface area contributed by atoms with Crippen LogP contribution < -0.4 is 9.47 Å². The van der Waals surface area contributed by atoms with Crippen LogP contribution in [0.2, 0.25) is 0 Å². The maximum absolute atomic E-state index is 12.6. The van der Waals surface area contributed by atoms with E-state index in [2.05, 4.69) is 0 Å². The fourth-order valence-corrected chi connectivity index (χ4v) is 4.30. The molecule has 0 spiro atoms. The molecule has 0 saturated heterocycles. The third-order valence-electron chi connectivity index (χ3n) is 5.47. The van der Waals surface area contributed by atoms with E-state index >= 15 is 0 Å². The van der Waals surface area contributed by atoms with Crippen LogP contribution in [0.15, 0.2) is 23.5 Å². The maximum Gasteiger partial charge on any atom is 0.311 e. The molecule has 2 heterocycles. The van der Waals surface area contributed by atoms with Crippen molar-refractivity contribution in [2.24, 2.45) is 5.92 Å². The van der Waals surface area contributed by atoms with E-state index in [0.717, 1.165) is 24.0 Å². The van der Waals surface area contributed by atoms with Crippen LogP contribution in [0, 0.1) is 5.92 Å². The lowest BCUT2D eigenvalue weighted by atomic mass is 9.74. The largest absolute Gasteiger partial charge is 0.452 e. The van der Waals surface area contributed by atoms with E-state index in [1.165, 1.54) is 19.3 Å². The minimum Gasteiger partial charge on any atom is -0.452 e. The summed E-state index contributed by atoms with van der Waals surface area (Å²) in [6.45, 7) is 3.76. The van der Waals surface area contributed by atoms with E-state index < -0.39 is 0 Å². The lowest BCUT2D eigenvalue weighted by Crippen LogP contribution is -2.27. The number of ether oxygens (including phenoxy) is 2. The molecule has 0 radical (unpaired) electrons.